The molecule has 0 spiro atoms. The molecule has 4 rings (SSSR count). The van der Waals surface area contributed by atoms with Crippen molar-refractivity contribution in [1.29, 1.82) is 0 Å². The summed E-state index contributed by atoms with van der Waals surface area (Å²) in [6, 6.07) is 3.76. The lowest BCUT2D eigenvalue weighted by Crippen LogP contribution is -2.58. The second kappa shape index (κ2) is 11.5. The summed E-state index contributed by atoms with van der Waals surface area (Å²) in [5.74, 6) is -1.61. The van der Waals surface area contributed by atoms with Crippen LogP contribution >= 0.6 is 0 Å². The fraction of sp³-hybridized carbons (Fsp3) is 0.500. The van der Waals surface area contributed by atoms with Gasteiger partial charge in [0, 0.05) is 18.3 Å². The van der Waals surface area contributed by atoms with Crippen molar-refractivity contribution in [2.75, 3.05) is 18.6 Å². The van der Waals surface area contributed by atoms with Crippen molar-refractivity contribution in [2.45, 2.75) is 69.5 Å². The van der Waals surface area contributed by atoms with Gasteiger partial charge in [-0.2, -0.15) is 0 Å². The van der Waals surface area contributed by atoms with E-state index < -0.39 is 48.1 Å². The molecule has 0 aliphatic carbocycles. The molecule has 11 nitrogen and oxygen atoms in total. The zero-order valence-corrected chi connectivity index (χ0v) is 20.8. The van der Waals surface area contributed by atoms with Crippen LogP contribution in [0.5, 0.6) is 5.75 Å². The number of anilines is 1. The number of cyclic esters (lactones) is 1. The Morgan fingerprint density at radius 1 is 1.16 bits per heavy atom. The Labute approximate surface area is 214 Å². The fourth-order valence-corrected chi connectivity index (χ4v) is 5.18. The summed E-state index contributed by atoms with van der Waals surface area (Å²) in [6.45, 7) is 2.06. The molecule has 3 aliphatic heterocycles. The Morgan fingerprint density at radius 2 is 1.89 bits per heavy atom. The van der Waals surface area contributed by atoms with E-state index in [0.29, 0.717) is 37.3 Å². The molecule has 2 fully saturated rings. The number of carbonyl (C=O) groups excluding carboxylic acids is 5. The third-order valence-electron chi connectivity index (χ3n) is 6.90. The number of methoxy groups -OCH3 is 1. The van der Waals surface area contributed by atoms with Gasteiger partial charge in [-0.25, -0.2) is 0 Å². The van der Waals surface area contributed by atoms with Crippen LogP contribution < -0.4 is 15.0 Å². The molecule has 1 N–H and O–H groups in total. The van der Waals surface area contributed by atoms with Gasteiger partial charge >= 0.3 is 5.97 Å². The maximum atomic E-state index is 14.0. The fourth-order valence-electron chi connectivity index (χ4n) is 5.18. The summed E-state index contributed by atoms with van der Waals surface area (Å²) in [5, 5.41) is 2.83. The van der Waals surface area contributed by atoms with Crippen molar-refractivity contribution in [3.63, 3.8) is 0 Å². The summed E-state index contributed by atoms with van der Waals surface area (Å²) >= 11 is 0. The van der Waals surface area contributed by atoms with Gasteiger partial charge in [-0.1, -0.05) is 12.2 Å². The quantitative estimate of drug-likeness (QED) is 0.237. The van der Waals surface area contributed by atoms with Gasteiger partial charge in [0.05, 0.1) is 13.5 Å². The van der Waals surface area contributed by atoms with Crippen molar-refractivity contribution < 1.29 is 38.2 Å². The van der Waals surface area contributed by atoms with E-state index in [0.717, 1.165) is 0 Å². The van der Waals surface area contributed by atoms with Crippen molar-refractivity contribution in [1.82, 2.24) is 10.2 Å². The largest absolute Gasteiger partial charge is 0.497 e. The number of rotatable bonds is 8. The standard InChI is InChI=1S/C26H31N3O8/c1-3-36-26-19(14-23(32)37-26)27-24(33)20-13-10-16-6-4-5-7-21(25(34)29(16)20)28(22(31)15-30)17-8-11-18(35-2)12-9-17/h4-5,8-9,11-12,15-16,19-21,26H,3,6-7,10,13-14H2,1-2H3,(H,27,33)/b5-4-/t16-,19?,20+,21+,26?/m1/s1. The summed E-state index contributed by atoms with van der Waals surface area (Å²) in [6.07, 6.45) is 4.81. The number of ether oxygens (including phenoxy) is 3. The lowest BCUT2D eigenvalue weighted by atomic mass is 10.0. The van der Waals surface area contributed by atoms with Crippen LogP contribution in [0.15, 0.2) is 36.4 Å². The SMILES string of the molecule is CCOC1OC(=O)CC1NC(=O)[C@@H]1CC[C@H]2C/C=C\C[C@H](N(C(=O)C=O)c3ccc(OC)cc3)C(=O)N21. The minimum absolute atomic E-state index is 0.0229. The smallest absolute Gasteiger partial charge is 0.310 e. The van der Waals surface area contributed by atoms with Crippen LogP contribution in [0.25, 0.3) is 0 Å². The summed E-state index contributed by atoms with van der Waals surface area (Å²) in [4.78, 5) is 66.2. The highest BCUT2D eigenvalue weighted by molar-refractivity contribution is 6.31. The maximum Gasteiger partial charge on any atom is 0.310 e. The molecular formula is C26H31N3O8. The number of amides is 3. The van der Waals surface area contributed by atoms with Gasteiger partial charge in [0.1, 0.15) is 23.9 Å². The van der Waals surface area contributed by atoms with Crippen molar-refractivity contribution in [2.24, 2.45) is 0 Å². The van der Waals surface area contributed by atoms with Crippen LogP contribution in [-0.2, 0) is 33.4 Å². The molecule has 3 heterocycles. The molecule has 2 unspecified atom stereocenters. The van der Waals surface area contributed by atoms with E-state index in [1.165, 1.54) is 16.9 Å². The first-order valence-electron chi connectivity index (χ1n) is 12.4. The Balaban J connectivity index is 1.60. The molecule has 198 valence electrons. The Bertz CT molecular complexity index is 1070. The normalized spacial score (nSPS) is 27.9. The second-order valence-electron chi connectivity index (χ2n) is 9.11. The van der Waals surface area contributed by atoms with Crippen LogP contribution in [0.3, 0.4) is 0 Å². The molecule has 11 heteroatoms. The number of esters is 1. The second-order valence-corrected chi connectivity index (χ2v) is 9.11. The first-order valence-corrected chi connectivity index (χ1v) is 12.4. The zero-order valence-electron chi connectivity index (χ0n) is 20.8. The highest BCUT2D eigenvalue weighted by atomic mass is 16.7. The average molecular weight is 514 g/mol. The van der Waals surface area contributed by atoms with Crippen molar-refractivity contribution in [3.8, 4) is 5.75 Å². The number of hydrogen-bond donors (Lipinski definition) is 1. The first-order chi connectivity index (χ1) is 17.9. The highest BCUT2D eigenvalue weighted by Gasteiger charge is 2.47. The number of aldehydes is 1. The Kier molecular flexibility index (Phi) is 8.22. The number of carbonyl (C=O) groups is 5. The predicted octanol–water partition coefficient (Wildman–Crippen LogP) is 1.10. The third-order valence-corrected chi connectivity index (χ3v) is 6.90. The van der Waals surface area contributed by atoms with Gasteiger partial charge in [-0.05, 0) is 56.9 Å². The predicted molar refractivity (Wildman–Crippen MR) is 130 cm³/mol. The zero-order chi connectivity index (χ0) is 26.5. The van der Waals surface area contributed by atoms with E-state index >= 15 is 0 Å². The highest BCUT2D eigenvalue weighted by Crippen LogP contribution is 2.33. The minimum atomic E-state index is -1.02. The van der Waals surface area contributed by atoms with E-state index in [9.17, 15) is 24.0 Å². The molecule has 0 saturated carbocycles. The number of hydrogen-bond acceptors (Lipinski definition) is 8. The van der Waals surface area contributed by atoms with Gasteiger partial charge < -0.3 is 24.4 Å². The number of benzene rings is 1. The molecule has 3 aliphatic rings. The van der Waals surface area contributed by atoms with Crippen LogP contribution in [0, 0.1) is 0 Å². The van der Waals surface area contributed by atoms with Crippen LogP contribution in [0.2, 0.25) is 0 Å². The molecule has 0 aromatic heterocycles. The minimum Gasteiger partial charge on any atom is -0.497 e. The van der Waals surface area contributed by atoms with E-state index in [-0.39, 0.29) is 25.2 Å². The number of nitrogens with one attached hydrogen (secondary N) is 1. The molecule has 5 atom stereocenters. The van der Waals surface area contributed by atoms with Crippen LogP contribution in [0.4, 0.5) is 5.69 Å². The van der Waals surface area contributed by atoms with Crippen molar-refractivity contribution in [3.05, 3.63) is 36.4 Å². The molecular weight excluding hydrogens is 482 g/mol. The summed E-state index contributed by atoms with van der Waals surface area (Å²) < 4.78 is 15.8. The lowest BCUT2D eigenvalue weighted by molar-refractivity contribution is -0.164. The molecule has 1 aromatic carbocycles. The van der Waals surface area contributed by atoms with Crippen LogP contribution in [0.1, 0.15) is 39.0 Å². The summed E-state index contributed by atoms with van der Waals surface area (Å²) in [5.41, 5.74) is 0.364. The molecule has 3 amide bonds. The van der Waals surface area contributed by atoms with Crippen molar-refractivity contribution >= 4 is 35.7 Å². The molecule has 0 bridgehead atoms. The van der Waals surface area contributed by atoms with Gasteiger partial charge in [0.25, 0.3) is 5.91 Å². The van der Waals surface area contributed by atoms with Gasteiger partial charge in [-0.3, -0.25) is 28.9 Å². The lowest BCUT2D eigenvalue weighted by Gasteiger charge is -2.38. The number of fused-ring (bicyclic) bond motifs is 1. The maximum absolute atomic E-state index is 14.0. The average Bonchev–Trinajstić information content (AvgIpc) is 3.47. The molecule has 37 heavy (non-hydrogen) atoms. The third kappa shape index (κ3) is 5.51. The topological polar surface area (TPSA) is 132 Å². The molecule has 0 radical (unpaired) electrons. The van der Waals surface area contributed by atoms with E-state index in [2.05, 4.69) is 5.32 Å². The Hall–Kier alpha value is -3.73. The van der Waals surface area contributed by atoms with Gasteiger partial charge in [-0.15, -0.1) is 0 Å². The van der Waals surface area contributed by atoms with E-state index in [4.69, 9.17) is 14.2 Å². The molecule has 1 aromatic rings. The first kappa shape index (κ1) is 26.3. The van der Waals surface area contributed by atoms with Crippen LogP contribution in [-0.4, -0.2) is 79.1 Å². The van der Waals surface area contributed by atoms with E-state index in [1.54, 1.807) is 31.2 Å². The molecule has 2 saturated heterocycles. The van der Waals surface area contributed by atoms with Gasteiger partial charge in [0.2, 0.25) is 24.4 Å². The van der Waals surface area contributed by atoms with Gasteiger partial charge in [0.15, 0.2) is 0 Å². The summed E-state index contributed by atoms with van der Waals surface area (Å²) in [7, 11) is 1.51. The Morgan fingerprint density at radius 3 is 2.57 bits per heavy atom. The number of nitrogens with zero attached hydrogens (tertiary/aromatic N) is 2. The monoisotopic (exact) mass is 513 g/mol. The van der Waals surface area contributed by atoms with E-state index in [1.807, 2.05) is 12.2 Å².